The fourth-order valence-electron chi connectivity index (χ4n) is 2.57. The first kappa shape index (κ1) is 12.4. The van der Waals surface area contributed by atoms with Crippen molar-refractivity contribution in [2.75, 3.05) is 0 Å². The maximum Gasteiger partial charge on any atom is 0.122 e. The number of hydrogen-bond acceptors (Lipinski definition) is 3. The molecule has 0 spiro atoms. The van der Waals surface area contributed by atoms with Crippen LogP contribution in [0.15, 0.2) is 18.2 Å². The van der Waals surface area contributed by atoms with Gasteiger partial charge in [-0.25, -0.2) is 0 Å². The van der Waals surface area contributed by atoms with Crippen molar-refractivity contribution in [3.05, 3.63) is 43.3 Å². The second-order valence-electron chi connectivity index (χ2n) is 5.01. The third kappa shape index (κ3) is 2.40. The van der Waals surface area contributed by atoms with Crippen molar-refractivity contribution >= 4 is 22.7 Å². The van der Waals surface area contributed by atoms with E-state index in [0.717, 1.165) is 9.75 Å². The van der Waals surface area contributed by atoms with Gasteiger partial charge in [-0.3, -0.25) is 0 Å². The third-order valence-electron chi connectivity index (χ3n) is 3.57. The van der Waals surface area contributed by atoms with Gasteiger partial charge in [-0.2, -0.15) is 0 Å². The Bertz CT molecular complexity index is 515. The molecule has 2 aromatic rings. The maximum absolute atomic E-state index is 10.4. The van der Waals surface area contributed by atoms with Crippen LogP contribution in [0.25, 0.3) is 0 Å². The van der Waals surface area contributed by atoms with Crippen LogP contribution in [0.3, 0.4) is 0 Å². The van der Waals surface area contributed by atoms with Crippen LogP contribution in [-0.2, 0) is 12.8 Å². The van der Waals surface area contributed by atoms with Crippen molar-refractivity contribution in [1.82, 2.24) is 0 Å². The lowest BCUT2D eigenvalue weighted by Gasteiger charge is -2.05. The van der Waals surface area contributed by atoms with Crippen LogP contribution in [0.4, 0.5) is 0 Å². The van der Waals surface area contributed by atoms with Crippen LogP contribution < -0.4 is 0 Å². The Hall–Kier alpha value is -0.640. The quantitative estimate of drug-likeness (QED) is 0.804. The molecule has 1 unspecified atom stereocenters. The fraction of sp³-hybridized carbons (Fsp3) is 0.467. The smallest absolute Gasteiger partial charge is 0.122 e. The van der Waals surface area contributed by atoms with Gasteiger partial charge in [0, 0.05) is 19.5 Å². The first-order valence-corrected chi connectivity index (χ1v) is 8.23. The number of aryl methyl sites for hydroxylation is 3. The van der Waals surface area contributed by atoms with Crippen molar-refractivity contribution < 1.29 is 5.11 Å². The maximum atomic E-state index is 10.4. The zero-order valence-electron chi connectivity index (χ0n) is 10.6. The van der Waals surface area contributed by atoms with Crippen LogP contribution >= 0.6 is 22.7 Å². The molecule has 1 aliphatic carbocycles. The topological polar surface area (TPSA) is 20.2 Å². The van der Waals surface area contributed by atoms with Gasteiger partial charge in [0.2, 0.25) is 0 Å². The van der Waals surface area contributed by atoms with Gasteiger partial charge in [0.25, 0.3) is 0 Å². The number of aliphatic hydroxyl groups excluding tert-OH is 1. The molecule has 0 amide bonds. The highest BCUT2D eigenvalue weighted by molar-refractivity contribution is 7.13. The Morgan fingerprint density at radius 3 is 2.67 bits per heavy atom. The zero-order chi connectivity index (χ0) is 12.5. The Morgan fingerprint density at radius 1 is 1.06 bits per heavy atom. The van der Waals surface area contributed by atoms with Crippen molar-refractivity contribution in [3.8, 4) is 0 Å². The molecule has 96 valence electrons. The highest BCUT2D eigenvalue weighted by Crippen LogP contribution is 2.36. The molecule has 1 nitrogen and oxygen atoms in total. The molecule has 0 aliphatic heterocycles. The number of thiophene rings is 2. The van der Waals surface area contributed by atoms with E-state index in [4.69, 9.17) is 0 Å². The molecule has 2 aromatic heterocycles. The van der Waals surface area contributed by atoms with E-state index in [1.54, 1.807) is 11.3 Å². The van der Waals surface area contributed by atoms with Gasteiger partial charge in [-0.15, -0.1) is 22.7 Å². The van der Waals surface area contributed by atoms with Crippen molar-refractivity contribution in [2.45, 2.75) is 45.1 Å². The molecule has 3 heteroatoms. The van der Waals surface area contributed by atoms with Crippen LogP contribution in [0.2, 0.25) is 0 Å². The Morgan fingerprint density at radius 2 is 1.89 bits per heavy atom. The van der Waals surface area contributed by atoms with Crippen LogP contribution in [0, 0.1) is 6.92 Å². The standard InChI is InChI=1S/C15H18OS2/c1-10-7-8-13(17-10)15(16)14-9-11-5-3-2-4-6-12(11)18-14/h7-9,15-16H,2-6H2,1H3. The summed E-state index contributed by atoms with van der Waals surface area (Å²) in [5.74, 6) is 0. The third-order valence-corrected chi connectivity index (χ3v) is 5.91. The minimum absolute atomic E-state index is 0.416. The zero-order valence-corrected chi connectivity index (χ0v) is 12.2. The molecule has 1 N–H and O–H groups in total. The van der Waals surface area contributed by atoms with E-state index >= 15 is 0 Å². The number of rotatable bonds is 2. The van der Waals surface area contributed by atoms with E-state index in [-0.39, 0.29) is 0 Å². The molecule has 3 rings (SSSR count). The van der Waals surface area contributed by atoms with Gasteiger partial charge in [0.1, 0.15) is 6.10 Å². The van der Waals surface area contributed by atoms with Crippen LogP contribution in [0.5, 0.6) is 0 Å². The summed E-state index contributed by atoms with van der Waals surface area (Å²) >= 11 is 3.51. The van der Waals surface area contributed by atoms with E-state index in [9.17, 15) is 5.11 Å². The number of hydrogen-bond donors (Lipinski definition) is 1. The molecular formula is C15H18OS2. The lowest BCUT2D eigenvalue weighted by molar-refractivity contribution is 0.228. The van der Waals surface area contributed by atoms with Crippen molar-refractivity contribution in [2.24, 2.45) is 0 Å². The summed E-state index contributed by atoms with van der Waals surface area (Å²) in [6, 6.07) is 6.38. The Balaban J connectivity index is 1.88. The molecule has 0 aromatic carbocycles. The molecule has 0 fully saturated rings. The van der Waals surface area contributed by atoms with Crippen LogP contribution in [-0.4, -0.2) is 5.11 Å². The summed E-state index contributed by atoms with van der Waals surface area (Å²) in [5, 5.41) is 10.4. The van der Waals surface area contributed by atoms with Crippen LogP contribution in [0.1, 0.15) is 50.4 Å². The van der Waals surface area contributed by atoms with Crippen molar-refractivity contribution in [1.29, 1.82) is 0 Å². The van der Waals surface area contributed by atoms with Gasteiger partial charge in [-0.05, 0) is 56.4 Å². The number of fused-ring (bicyclic) bond motifs is 1. The minimum Gasteiger partial charge on any atom is -0.382 e. The summed E-state index contributed by atoms with van der Waals surface area (Å²) in [7, 11) is 0. The Labute approximate surface area is 116 Å². The molecule has 0 saturated carbocycles. The monoisotopic (exact) mass is 278 g/mol. The average Bonchev–Trinajstić information content (AvgIpc) is 2.90. The minimum atomic E-state index is -0.416. The molecule has 1 atom stereocenters. The van der Waals surface area contributed by atoms with E-state index in [2.05, 4.69) is 25.1 Å². The average molecular weight is 278 g/mol. The molecule has 0 bridgehead atoms. The van der Waals surface area contributed by atoms with Crippen molar-refractivity contribution in [3.63, 3.8) is 0 Å². The number of aliphatic hydroxyl groups is 1. The van der Waals surface area contributed by atoms with E-state index in [1.807, 2.05) is 11.3 Å². The molecule has 2 heterocycles. The highest BCUT2D eigenvalue weighted by atomic mass is 32.1. The molecule has 18 heavy (non-hydrogen) atoms. The Kier molecular flexibility index (Phi) is 3.55. The van der Waals surface area contributed by atoms with E-state index in [1.165, 1.54) is 47.4 Å². The largest absolute Gasteiger partial charge is 0.382 e. The van der Waals surface area contributed by atoms with Gasteiger partial charge in [-0.1, -0.05) is 6.42 Å². The van der Waals surface area contributed by atoms with Gasteiger partial charge in [0.05, 0.1) is 0 Å². The van der Waals surface area contributed by atoms with E-state index < -0.39 is 6.10 Å². The van der Waals surface area contributed by atoms with E-state index in [0.29, 0.717) is 0 Å². The first-order chi connectivity index (χ1) is 8.74. The molecular weight excluding hydrogens is 260 g/mol. The van der Waals surface area contributed by atoms with Gasteiger partial charge in [0.15, 0.2) is 0 Å². The molecule has 1 aliphatic rings. The lowest BCUT2D eigenvalue weighted by atomic mass is 10.1. The predicted octanol–water partition coefficient (Wildman–Crippen LogP) is 4.47. The summed E-state index contributed by atoms with van der Waals surface area (Å²) in [4.78, 5) is 4.98. The highest BCUT2D eigenvalue weighted by Gasteiger charge is 2.19. The summed E-state index contributed by atoms with van der Waals surface area (Å²) in [5.41, 5.74) is 1.49. The predicted molar refractivity (Wildman–Crippen MR) is 78.7 cm³/mol. The second-order valence-corrected chi connectivity index (χ2v) is 7.50. The summed E-state index contributed by atoms with van der Waals surface area (Å²) in [6.45, 7) is 2.09. The SMILES string of the molecule is Cc1ccc(C(O)c2cc3c(s2)CCCCC3)s1. The molecule has 0 radical (unpaired) electrons. The van der Waals surface area contributed by atoms with Gasteiger partial charge >= 0.3 is 0 Å². The summed E-state index contributed by atoms with van der Waals surface area (Å²) in [6.07, 6.45) is 5.95. The second kappa shape index (κ2) is 5.16. The first-order valence-electron chi connectivity index (χ1n) is 6.60. The lowest BCUT2D eigenvalue weighted by Crippen LogP contribution is -1.93. The fourth-order valence-corrected chi connectivity index (χ4v) is 4.79. The summed E-state index contributed by atoms with van der Waals surface area (Å²) < 4.78 is 0. The van der Waals surface area contributed by atoms with Gasteiger partial charge < -0.3 is 5.11 Å². The normalized spacial score (nSPS) is 17.2. The molecule has 0 saturated heterocycles.